The molecule has 1 aliphatic rings. The fourth-order valence-corrected chi connectivity index (χ4v) is 3.42. The molecule has 0 saturated heterocycles. The molecule has 0 heterocycles. The maximum Gasteiger partial charge on any atom is 0.00976 e. The molecule has 1 saturated carbocycles. The lowest BCUT2D eigenvalue weighted by atomic mass is 9.82. The highest BCUT2D eigenvalue weighted by Crippen LogP contribution is 2.27. The topological polar surface area (TPSA) is 12.0 Å². The quantitative estimate of drug-likeness (QED) is 0.550. The van der Waals surface area contributed by atoms with Crippen molar-refractivity contribution in [2.24, 2.45) is 5.92 Å². The zero-order valence-corrected chi connectivity index (χ0v) is 13.0. The van der Waals surface area contributed by atoms with Gasteiger partial charge in [0, 0.05) is 12.1 Å². The van der Waals surface area contributed by atoms with Crippen molar-refractivity contribution in [1.29, 1.82) is 0 Å². The lowest BCUT2D eigenvalue weighted by Crippen LogP contribution is -2.43. The van der Waals surface area contributed by atoms with Crippen LogP contribution in [0.25, 0.3) is 0 Å². The van der Waals surface area contributed by atoms with Crippen LogP contribution in [0.2, 0.25) is 0 Å². The van der Waals surface area contributed by atoms with Gasteiger partial charge in [0.15, 0.2) is 0 Å². The minimum Gasteiger partial charge on any atom is -0.311 e. The highest BCUT2D eigenvalue weighted by Gasteiger charge is 2.24. The largest absolute Gasteiger partial charge is 0.311 e. The van der Waals surface area contributed by atoms with Crippen LogP contribution in [0, 0.1) is 5.92 Å². The Morgan fingerprint density at radius 2 is 1.72 bits per heavy atom. The molecule has 3 atom stereocenters. The van der Waals surface area contributed by atoms with Gasteiger partial charge in [0.25, 0.3) is 0 Å². The second-order valence-electron chi connectivity index (χ2n) is 6.33. The van der Waals surface area contributed by atoms with E-state index in [1.807, 2.05) is 0 Å². The minimum absolute atomic E-state index is 0.726. The molecule has 18 heavy (non-hydrogen) atoms. The molecule has 0 radical (unpaired) electrons. The molecule has 0 spiro atoms. The second kappa shape index (κ2) is 9.83. The Morgan fingerprint density at radius 3 is 2.44 bits per heavy atom. The molecule has 0 amide bonds. The Balaban J connectivity index is 2.11. The van der Waals surface area contributed by atoms with Gasteiger partial charge in [0.05, 0.1) is 0 Å². The molecule has 1 fully saturated rings. The van der Waals surface area contributed by atoms with Gasteiger partial charge < -0.3 is 5.32 Å². The van der Waals surface area contributed by atoms with Crippen LogP contribution in [-0.2, 0) is 0 Å². The predicted octanol–water partition coefficient (Wildman–Crippen LogP) is 5.29. The molecule has 1 nitrogen and oxygen atoms in total. The molecule has 108 valence electrons. The number of rotatable bonds is 9. The van der Waals surface area contributed by atoms with Crippen molar-refractivity contribution < 1.29 is 0 Å². The summed E-state index contributed by atoms with van der Waals surface area (Å²) in [4.78, 5) is 0. The maximum absolute atomic E-state index is 3.91. The fraction of sp³-hybridized carbons (Fsp3) is 1.00. The molecule has 0 aromatic carbocycles. The Kier molecular flexibility index (Phi) is 8.75. The second-order valence-corrected chi connectivity index (χ2v) is 6.33. The average Bonchev–Trinajstić information content (AvgIpc) is 2.39. The van der Waals surface area contributed by atoms with E-state index in [0.29, 0.717) is 0 Å². The summed E-state index contributed by atoms with van der Waals surface area (Å²) < 4.78 is 0. The first-order valence-electron chi connectivity index (χ1n) is 8.54. The van der Waals surface area contributed by atoms with Crippen LogP contribution in [0.5, 0.6) is 0 Å². The van der Waals surface area contributed by atoms with Gasteiger partial charge in [0.1, 0.15) is 0 Å². The Morgan fingerprint density at radius 1 is 1.00 bits per heavy atom. The molecule has 0 aliphatic heterocycles. The Labute approximate surface area is 115 Å². The number of unbranched alkanes of at least 4 members (excludes halogenated alkanes) is 4. The van der Waals surface area contributed by atoms with Gasteiger partial charge in [-0.3, -0.25) is 0 Å². The molecule has 1 rings (SSSR count). The van der Waals surface area contributed by atoms with Crippen molar-refractivity contribution in [2.75, 3.05) is 0 Å². The van der Waals surface area contributed by atoms with Gasteiger partial charge in [-0.15, -0.1) is 0 Å². The molecule has 1 heteroatoms. The summed E-state index contributed by atoms with van der Waals surface area (Å²) in [6, 6.07) is 1.54. The maximum atomic E-state index is 3.91. The first kappa shape index (κ1) is 16.0. The highest BCUT2D eigenvalue weighted by atomic mass is 15.0. The molecular formula is C17H35N. The van der Waals surface area contributed by atoms with Crippen LogP contribution in [0.3, 0.4) is 0 Å². The molecule has 3 unspecified atom stereocenters. The van der Waals surface area contributed by atoms with E-state index in [0.717, 1.165) is 18.0 Å². The molecule has 0 aromatic rings. The summed E-state index contributed by atoms with van der Waals surface area (Å²) in [6.45, 7) is 7.04. The van der Waals surface area contributed by atoms with Gasteiger partial charge in [-0.2, -0.15) is 0 Å². The van der Waals surface area contributed by atoms with Crippen LogP contribution in [0.15, 0.2) is 0 Å². The highest BCUT2D eigenvalue weighted by molar-refractivity contribution is 4.82. The Hall–Kier alpha value is -0.0400. The lowest BCUT2D eigenvalue weighted by Gasteiger charge is -2.34. The third-order valence-electron chi connectivity index (χ3n) is 4.67. The van der Waals surface area contributed by atoms with Gasteiger partial charge in [-0.05, 0) is 32.1 Å². The van der Waals surface area contributed by atoms with E-state index in [2.05, 4.69) is 26.1 Å². The predicted molar refractivity (Wildman–Crippen MR) is 82.0 cm³/mol. The van der Waals surface area contributed by atoms with Gasteiger partial charge in [-0.1, -0.05) is 65.2 Å². The molecule has 1 aliphatic carbocycles. The van der Waals surface area contributed by atoms with Crippen LogP contribution in [0.4, 0.5) is 0 Å². The normalized spacial score (nSPS) is 26.2. The summed E-state index contributed by atoms with van der Waals surface area (Å²) in [5, 5.41) is 3.91. The van der Waals surface area contributed by atoms with Gasteiger partial charge >= 0.3 is 0 Å². The average molecular weight is 253 g/mol. The van der Waals surface area contributed by atoms with Crippen LogP contribution < -0.4 is 5.32 Å². The minimum atomic E-state index is 0.726. The van der Waals surface area contributed by atoms with Gasteiger partial charge in [-0.25, -0.2) is 0 Å². The first-order chi connectivity index (χ1) is 8.77. The first-order valence-corrected chi connectivity index (χ1v) is 8.54. The zero-order chi connectivity index (χ0) is 13.2. The van der Waals surface area contributed by atoms with E-state index in [-0.39, 0.29) is 0 Å². The van der Waals surface area contributed by atoms with Gasteiger partial charge in [0.2, 0.25) is 0 Å². The summed E-state index contributed by atoms with van der Waals surface area (Å²) in [6.07, 6.45) is 15.6. The smallest absolute Gasteiger partial charge is 0.00976 e. The van der Waals surface area contributed by atoms with Crippen LogP contribution >= 0.6 is 0 Å². The van der Waals surface area contributed by atoms with Crippen molar-refractivity contribution in [3.8, 4) is 0 Å². The van der Waals surface area contributed by atoms with E-state index in [1.54, 1.807) is 0 Å². The van der Waals surface area contributed by atoms with Crippen molar-refractivity contribution in [3.63, 3.8) is 0 Å². The summed E-state index contributed by atoms with van der Waals surface area (Å²) in [5.74, 6) is 0.946. The van der Waals surface area contributed by atoms with Crippen molar-refractivity contribution in [1.82, 2.24) is 5.32 Å². The number of nitrogens with one attached hydrogen (secondary N) is 1. The molecule has 0 aromatic heterocycles. The number of hydrogen-bond acceptors (Lipinski definition) is 1. The third-order valence-corrected chi connectivity index (χ3v) is 4.67. The van der Waals surface area contributed by atoms with E-state index >= 15 is 0 Å². The molecule has 1 N–H and O–H groups in total. The monoisotopic (exact) mass is 253 g/mol. The standard InChI is InChI=1S/C17H35N/c1-4-6-7-8-9-12-15(3)18-17-14-11-10-13-16(17)5-2/h15-18H,4-14H2,1-3H3. The lowest BCUT2D eigenvalue weighted by molar-refractivity contribution is 0.235. The molecule has 0 bridgehead atoms. The SMILES string of the molecule is CCCCCCCC(C)NC1CCCCC1CC. The van der Waals surface area contributed by atoms with E-state index in [9.17, 15) is 0 Å². The van der Waals surface area contributed by atoms with E-state index in [1.165, 1.54) is 70.6 Å². The van der Waals surface area contributed by atoms with Crippen LogP contribution in [-0.4, -0.2) is 12.1 Å². The third kappa shape index (κ3) is 6.22. The summed E-state index contributed by atoms with van der Waals surface area (Å²) in [7, 11) is 0. The summed E-state index contributed by atoms with van der Waals surface area (Å²) >= 11 is 0. The summed E-state index contributed by atoms with van der Waals surface area (Å²) in [5.41, 5.74) is 0. The van der Waals surface area contributed by atoms with Crippen molar-refractivity contribution in [2.45, 2.75) is 103 Å². The van der Waals surface area contributed by atoms with E-state index < -0.39 is 0 Å². The molecular weight excluding hydrogens is 218 g/mol. The van der Waals surface area contributed by atoms with E-state index in [4.69, 9.17) is 0 Å². The van der Waals surface area contributed by atoms with Crippen molar-refractivity contribution in [3.05, 3.63) is 0 Å². The Bertz CT molecular complexity index is 190. The van der Waals surface area contributed by atoms with Crippen molar-refractivity contribution >= 4 is 0 Å². The zero-order valence-electron chi connectivity index (χ0n) is 13.0. The number of hydrogen-bond donors (Lipinski definition) is 1. The van der Waals surface area contributed by atoms with Crippen LogP contribution in [0.1, 0.15) is 91.4 Å². The fourth-order valence-electron chi connectivity index (χ4n) is 3.42.